The topological polar surface area (TPSA) is 51.0 Å². The zero-order valence-electron chi connectivity index (χ0n) is 13.4. The van der Waals surface area contributed by atoms with Gasteiger partial charge in [-0.05, 0) is 12.2 Å². The SMILES string of the molecule is [CH2-]SC(C)C([CH2-])C(=O)N(CC)c1cn(-c2cncc(F)c2)nc1Cl. The maximum atomic E-state index is 13.3. The Morgan fingerprint density at radius 2 is 2.25 bits per heavy atom. The highest BCUT2D eigenvalue weighted by molar-refractivity contribution is 8.01. The first-order chi connectivity index (χ1) is 11.4. The monoisotopic (exact) mass is 368 g/mol. The molecule has 2 rings (SSSR count). The number of hydrogen-bond donors (Lipinski definition) is 0. The molecule has 2 heterocycles. The number of amides is 1. The molecule has 1 amide bonds. The highest BCUT2D eigenvalue weighted by Crippen LogP contribution is 2.29. The molecule has 24 heavy (non-hydrogen) atoms. The number of halogens is 2. The van der Waals surface area contributed by atoms with Crippen LogP contribution in [0.1, 0.15) is 13.8 Å². The number of aromatic nitrogens is 3. The molecule has 0 aromatic carbocycles. The molecule has 0 aliphatic rings. The number of carbonyl (C=O) groups excluding carboxylic acids is 1. The predicted octanol–water partition coefficient (Wildman–Crippen LogP) is 3.78. The van der Waals surface area contributed by atoms with Crippen LogP contribution in [0.4, 0.5) is 10.1 Å². The number of carbonyl (C=O) groups is 1. The van der Waals surface area contributed by atoms with Gasteiger partial charge in [0, 0.05) is 12.6 Å². The summed E-state index contributed by atoms with van der Waals surface area (Å²) in [4.78, 5) is 18.0. The molecule has 2 aromatic heterocycles. The van der Waals surface area contributed by atoms with Crippen LogP contribution in [0.5, 0.6) is 0 Å². The fourth-order valence-electron chi connectivity index (χ4n) is 2.15. The summed E-state index contributed by atoms with van der Waals surface area (Å²) < 4.78 is 14.7. The van der Waals surface area contributed by atoms with Crippen LogP contribution in [0.2, 0.25) is 5.15 Å². The Morgan fingerprint density at radius 1 is 1.54 bits per heavy atom. The Labute approximate surface area is 150 Å². The lowest BCUT2D eigenvalue weighted by Crippen LogP contribution is -2.38. The number of rotatable bonds is 6. The first-order valence-corrected chi connectivity index (χ1v) is 8.73. The first kappa shape index (κ1) is 18.7. The van der Waals surface area contributed by atoms with E-state index in [1.807, 2.05) is 13.8 Å². The van der Waals surface area contributed by atoms with Gasteiger partial charge < -0.3 is 23.6 Å². The van der Waals surface area contributed by atoms with Crippen molar-refractivity contribution in [1.82, 2.24) is 14.8 Å². The zero-order valence-corrected chi connectivity index (χ0v) is 15.0. The number of anilines is 1. The van der Waals surface area contributed by atoms with E-state index in [2.05, 4.69) is 23.3 Å². The average Bonchev–Trinajstić information content (AvgIpc) is 2.96. The molecule has 0 fully saturated rings. The van der Waals surface area contributed by atoms with Gasteiger partial charge in [-0.15, -0.1) is 0 Å². The van der Waals surface area contributed by atoms with Crippen molar-refractivity contribution in [1.29, 1.82) is 0 Å². The van der Waals surface area contributed by atoms with E-state index in [1.165, 1.54) is 33.6 Å². The summed E-state index contributed by atoms with van der Waals surface area (Å²) in [5.74, 6) is -1.12. The fourth-order valence-corrected chi connectivity index (χ4v) is 2.73. The van der Waals surface area contributed by atoms with Crippen LogP contribution in [0.15, 0.2) is 24.7 Å². The van der Waals surface area contributed by atoms with Crippen molar-refractivity contribution in [2.45, 2.75) is 19.1 Å². The van der Waals surface area contributed by atoms with Gasteiger partial charge in [0.15, 0.2) is 5.15 Å². The molecule has 2 aromatic rings. The Balaban J connectivity index is 2.35. The largest absolute Gasteiger partial charge is 0.353 e. The second-order valence-corrected chi connectivity index (χ2v) is 6.61. The van der Waals surface area contributed by atoms with Gasteiger partial charge in [-0.3, -0.25) is 16.0 Å². The summed E-state index contributed by atoms with van der Waals surface area (Å²) in [6.07, 6.45) is 7.87. The van der Waals surface area contributed by atoms with Crippen LogP contribution in [0.25, 0.3) is 5.69 Å². The maximum absolute atomic E-state index is 13.3. The zero-order chi connectivity index (χ0) is 17.9. The third-order valence-corrected chi connectivity index (χ3v) is 4.75. The summed E-state index contributed by atoms with van der Waals surface area (Å²) >= 11 is 7.52. The van der Waals surface area contributed by atoms with Crippen LogP contribution in [-0.4, -0.2) is 32.5 Å². The lowest BCUT2D eigenvalue weighted by molar-refractivity contribution is -0.121. The third kappa shape index (κ3) is 3.89. The molecule has 0 N–H and O–H groups in total. The van der Waals surface area contributed by atoms with E-state index in [4.69, 9.17) is 11.6 Å². The van der Waals surface area contributed by atoms with E-state index in [9.17, 15) is 9.18 Å². The minimum atomic E-state index is -0.483. The van der Waals surface area contributed by atoms with Gasteiger partial charge in [0.25, 0.3) is 0 Å². The molecule has 0 saturated heterocycles. The average molecular weight is 369 g/mol. The molecule has 0 bridgehead atoms. The van der Waals surface area contributed by atoms with Crippen molar-refractivity contribution in [3.8, 4) is 5.69 Å². The third-order valence-electron chi connectivity index (χ3n) is 3.63. The van der Waals surface area contributed by atoms with Crippen molar-refractivity contribution >= 4 is 35.0 Å². The number of nitrogens with zero attached hydrogens (tertiary/aromatic N) is 4. The normalized spacial score (nSPS) is 13.6. The van der Waals surface area contributed by atoms with Crippen molar-refractivity contribution in [2.75, 3.05) is 11.4 Å². The molecule has 130 valence electrons. The molecule has 0 spiro atoms. The Kier molecular flexibility index (Phi) is 6.23. The van der Waals surface area contributed by atoms with Crippen molar-refractivity contribution < 1.29 is 9.18 Å². The minimum Gasteiger partial charge on any atom is -0.353 e. The molecule has 2 unspecified atom stereocenters. The van der Waals surface area contributed by atoms with E-state index in [0.717, 1.165) is 6.20 Å². The maximum Gasteiger partial charge on any atom is 0.200 e. The van der Waals surface area contributed by atoms with Crippen LogP contribution in [-0.2, 0) is 4.79 Å². The molecule has 0 radical (unpaired) electrons. The Morgan fingerprint density at radius 3 is 2.83 bits per heavy atom. The van der Waals surface area contributed by atoms with Crippen molar-refractivity contribution in [3.05, 3.63) is 48.8 Å². The number of pyridine rings is 1. The Hall–Kier alpha value is -1.60. The lowest BCUT2D eigenvalue weighted by atomic mass is 10.1. The van der Waals surface area contributed by atoms with E-state index in [-0.39, 0.29) is 16.3 Å². The first-order valence-electron chi connectivity index (χ1n) is 7.30. The van der Waals surface area contributed by atoms with Crippen LogP contribution in [0.3, 0.4) is 0 Å². The van der Waals surface area contributed by atoms with Crippen LogP contribution >= 0.6 is 23.4 Å². The summed E-state index contributed by atoms with van der Waals surface area (Å²) in [5, 5.41) is 4.26. The summed E-state index contributed by atoms with van der Waals surface area (Å²) in [5.41, 5.74) is 0.864. The van der Waals surface area contributed by atoms with E-state index in [0.29, 0.717) is 17.9 Å². The van der Waals surface area contributed by atoms with Crippen LogP contribution in [0, 0.1) is 24.9 Å². The van der Waals surface area contributed by atoms with Gasteiger partial charge in [0.2, 0.25) is 5.91 Å². The molecule has 0 aliphatic heterocycles. The quantitative estimate of drug-likeness (QED) is 0.728. The summed E-state index contributed by atoms with van der Waals surface area (Å²) in [6, 6.07) is 1.28. The standard InChI is InChI=1S/C16H18ClFN4OS/c1-5-21(16(23)10(2)11(3)24-4)14-9-22(20-15(14)17)13-6-12(18)7-19-8-13/h6-11H,2,4-5H2,1,3H3/q-2. The fraction of sp³-hybridized carbons (Fsp3) is 0.312. The molecule has 0 saturated carbocycles. The number of hydrogen-bond acceptors (Lipinski definition) is 4. The van der Waals surface area contributed by atoms with Gasteiger partial charge in [-0.1, -0.05) is 24.4 Å². The molecular weight excluding hydrogens is 351 g/mol. The smallest absolute Gasteiger partial charge is 0.200 e. The molecule has 8 heteroatoms. The molecule has 2 atom stereocenters. The van der Waals surface area contributed by atoms with Gasteiger partial charge >= 0.3 is 0 Å². The molecular formula is C16H18ClFN4OS-2. The van der Waals surface area contributed by atoms with E-state index < -0.39 is 11.7 Å². The van der Waals surface area contributed by atoms with Gasteiger partial charge in [-0.25, -0.2) is 9.07 Å². The number of thioether (sulfide) groups is 1. The highest BCUT2D eigenvalue weighted by atomic mass is 35.5. The predicted molar refractivity (Wildman–Crippen MR) is 95.6 cm³/mol. The lowest BCUT2D eigenvalue weighted by Gasteiger charge is -2.31. The minimum absolute atomic E-state index is 0.0345. The molecule has 0 aliphatic carbocycles. The van der Waals surface area contributed by atoms with Gasteiger partial charge in [0.05, 0.1) is 24.3 Å². The second kappa shape index (κ2) is 7.98. The van der Waals surface area contributed by atoms with E-state index >= 15 is 0 Å². The molecule has 5 nitrogen and oxygen atoms in total. The highest BCUT2D eigenvalue weighted by Gasteiger charge is 2.23. The van der Waals surface area contributed by atoms with E-state index in [1.54, 1.807) is 6.20 Å². The van der Waals surface area contributed by atoms with Gasteiger partial charge in [0.1, 0.15) is 11.5 Å². The second-order valence-electron chi connectivity index (χ2n) is 5.17. The van der Waals surface area contributed by atoms with Crippen molar-refractivity contribution in [3.63, 3.8) is 0 Å². The van der Waals surface area contributed by atoms with Crippen molar-refractivity contribution in [2.24, 2.45) is 5.92 Å². The Bertz CT molecular complexity index is 724. The summed E-state index contributed by atoms with van der Waals surface area (Å²) in [6.45, 7) is 8.07. The van der Waals surface area contributed by atoms with Gasteiger partial charge in [-0.2, -0.15) is 5.10 Å². The van der Waals surface area contributed by atoms with Crippen LogP contribution < -0.4 is 4.90 Å². The summed E-state index contributed by atoms with van der Waals surface area (Å²) in [7, 11) is 0.